The summed E-state index contributed by atoms with van der Waals surface area (Å²) in [4.78, 5) is 15.9. The Hall–Kier alpha value is -2.36. The van der Waals surface area contributed by atoms with Crippen molar-refractivity contribution < 1.29 is 4.79 Å². The van der Waals surface area contributed by atoms with Crippen LogP contribution in [0.5, 0.6) is 0 Å². The number of amides is 1. The molecule has 0 aliphatic heterocycles. The van der Waals surface area contributed by atoms with E-state index in [0.717, 1.165) is 16.8 Å². The highest BCUT2D eigenvalue weighted by atomic mass is 16.1. The predicted molar refractivity (Wildman–Crippen MR) is 80.0 cm³/mol. The SMILES string of the molecule is C[C@H](NC(=O)CCc1cccc(N)c1)c1ccncc1. The summed E-state index contributed by atoms with van der Waals surface area (Å²) < 4.78 is 0. The van der Waals surface area contributed by atoms with Gasteiger partial charge in [-0.3, -0.25) is 9.78 Å². The molecule has 4 heteroatoms. The number of nitrogens with two attached hydrogens (primary N) is 1. The summed E-state index contributed by atoms with van der Waals surface area (Å²) in [5, 5.41) is 2.98. The second-order valence-corrected chi connectivity index (χ2v) is 4.81. The Morgan fingerprint density at radius 1 is 1.30 bits per heavy atom. The summed E-state index contributed by atoms with van der Waals surface area (Å²) >= 11 is 0. The molecule has 0 aliphatic carbocycles. The summed E-state index contributed by atoms with van der Waals surface area (Å²) in [5.41, 5.74) is 8.58. The maximum atomic E-state index is 11.9. The highest BCUT2D eigenvalue weighted by Gasteiger charge is 2.09. The fraction of sp³-hybridized carbons (Fsp3) is 0.250. The largest absolute Gasteiger partial charge is 0.399 e. The van der Waals surface area contributed by atoms with Crippen LogP contribution in [0.2, 0.25) is 0 Å². The van der Waals surface area contributed by atoms with E-state index in [4.69, 9.17) is 5.73 Å². The Kier molecular flexibility index (Phi) is 4.71. The van der Waals surface area contributed by atoms with E-state index in [-0.39, 0.29) is 11.9 Å². The molecule has 1 aromatic carbocycles. The van der Waals surface area contributed by atoms with Crippen molar-refractivity contribution in [3.63, 3.8) is 0 Å². The normalized spacial score (nSPS) is 11.8. The van der Waals surface area contributed by atoms with Gasteiger partial charge in [0, 0.05) is 24.5 Å². The number of nitrogens with one attached hydrogen (secondary N) is 1. The van der Waals surface area contributed by atoms with Crippen molar-refractivity contribution in [1.29, 1.82) is 0 Å². The van der Waals surface area contributed by atoms with Crippen LogP contribution in [-0.4, -0.2) is 10.9 Å². The van der Waals surface area contributed by atoms with Gasteiger partial charge in [0.2, 0.25) is 5.91 Å². The molecule has 0 saturated heterocycles. The first-order valence-electron chi connectivity index (χ1n) is 6.69. The quantitative estimate of drug-likeness (QED) is 0.819. The van der Waals surface area contributed by atoms with Crippen LogP contribution in [0.15, 0.2) is 48.8 Å². The fourth-order valence-corrected chi connectivity index (χ4v) is 2.06. The van der Waals surface area contributed by atoms with E-state index in [1.165, 1.54) is 0 Å². The monoisotopic (exact) mass is 269 g/mol. The van der Waals surface area contributed by atoms with E-state index in [2.05, 4.69) is 10.3 Å². The molecule has 3 N–H and O–H groups in total. The zero-order valence-electron chi connectivity index (χ0n) is 11.5. The second kappa shape index (κ2) is 6.70. The van der Waals surface area contributed by atoms with Crippen LogP contribution in [0, 0.1) is 0 Å². The Morgan fingerprint density at radius 2 is 2.05 bits per heavy atom. The van der Waals surface area contributed by atoms with Gasteiger partial charge in [0.1, 0.15) is 0 Å². The van der Waals surface area contributed by atoms with Crippen LogP contribution in [0.3, 0.4) is 0 Å². The lowest BCUT2D eigenvalue weighted by Gasteiger charge is -2.14. The molecule has 2 rings (SSSR count). The minimum Gasteiger partial charge on any atom is -0.399 e. The summed E-state index contributed by atoms with van der Waals surface area (Å²) in [6, 6.07) is 11.4. The van der Waals surface area contributed by atoms with E-state index in [0.29, 0.717) is 12.8 Å². The Morgan fingerprint density at radius 3 is 2.75 bits per heavy atom. The number of aryl methyl sites for hydroxylation is 1. The summed E-state index contributed by atoms with van der Waals surface area (Å²) in [6.45, 7) is 1.97. The average molecular weight is 269 g/mol. The van der Waals surface area contributed by atoms with E-state index in [1.54, 1.807) is 12.4 Å². The number of aromatic nitrogens is 1. The zero-order valence-corrected chi connectivity index (χ0v) is 11.5. The lowest BCUT2D eigenvalue weighted by atomic mass is 10.1. The van der Waals surface area contributed by atoms with Crippen molar-refractivity contribution in [3.8, 4) is 0 Å². The van der Waals surface area contributed by atoms with Crippen LogP contribution in [-0.2, 0) is 11.2 Å². The second-order valence-electron chi connectivity index (χ2n) is 4.81. The molecule has 1 aromatic heterocycles. The van der Waals surface area contributed by atoms with Gasteiger partial charge in [-0.15, -0.1) is 0 Å². The first-order valence-corrected chi connectivity index (χ1v) is 6.69. The molecule has 104 valence electrons. The molecule has 0 spiro atoms. The van der Waals surface area contributed by atoms with Gasteiger partial charge < -0.3 is 11.1 Å². The van der Waals surface area contributed by atoms with Gasteiger partial charge in [0.05, 0.1) is 6.04 Å². The molecule has 0 saturated carbocycles. The van der Waals surface area contributed by atoms with Gasteiger partial charge in [-0.25, -0.2) is 0 Å². The Labute approximate surface area is 119 Å². The smallest absolute Gasteiger partial charge is 0.220 e. The molecule has 0 aliphatic rings. The molecule has 1 heterocycles. The highest BCUT2D eigenvalue weighted by molar-refractivity contribution is 5.76. The first kappa shape index (κ1) is 14.1. The van der Waals surface area contributed by atoms with E-state index >= 15 is 0 Å². The summed E-state index contributed by atoms with van der Waals surface area (Å²) in [6.07, 6.45) is 4.61. The molecule has 20 heavy (non-hydrogen) atoms. The topological polar surface area (TPSA) is 68.0 Å². The average Bonchev–Trinajstić information content (AvgIpc) is 2.46. The lowest BCUT2D eigenvalue weighted by Crippen LogP contribution is -2.26. The van der Waals surface area contributed by atoms with Crippen LogP contribution in [0.1, 0.15) is 30.5 Å². The minimum atomic E-state index is -0.00802. The number of anilines is 1. The minimum absolute atomic E-state index is 0.00802. The third-order valence-electron chi connectivity index (χ3n) is 3.18. The molecular formula is C16H19N3O. The van der Waals surface area contributed by atoms with Crippen LogP contribution in [0.4, 0.5) is 5.69 Å². The molecule has 1 amide bonds. The first-order chi connectivity index (χ1) is 9.65. The number of hydrogen-bond donors (Lipinski definition) is 2. The number of carbonyl (C=O) groups is 1. The van der Waals surface area contributed by atoms with Crippen LogP contribution in [0.25, 0.3) is 0 Å². The van der Waals surface area contributed by atoms with Crippen molar-refractivity contribution in [2.45, 2.75) is 25.8 Å². The van der Waals surface area contributed by atoms with Crippen LogP contribution < -0.4 is 11.1 Å². The number of nitrogen functional groups attached to an aromatic ring is 1. The number of nitrogens with zero attached hydrogens (tertiary/aromatic N) is 1. The van der Waals surface area contributed by atoms with Gasteiger partial charge in [0.25, 0.3) is 0 Å². The Balaban J connectivity index is 1.84. The van der Waals surface area contributed by atoms with Gasteiger partial charge >= 0.3 is 0 Å². The Bertz CT molecular complexity index is 569. The van der Waals surface area contributed by atoms with Crippen molar-refractivity contribution in [2.24, 2.45) is 0 Å². The van der Waals surface area contributed by atoms with Gasteiger partial charge in [-0.1, -0.05) is 12.1 Å². The lowest BCUT2D eigenvalue weighted by molar-refractivity contribution is -0.121. The van der Waals surface area contributed by atoms with E-state index in [9.17, 15) is 4.79 Å². The molecule has 1 atom stereocenters. The number of pyridine rings is 1. The molecule has 4 nitrogen and oxygen atoms in total. The van der Waals surface area contributed by atoms with Crippen molar-refractivity contribution in [1.82, 2.24) is 10.3 Å². The van der Waals surface area contributed by atoms with Gasteiger partial charge in [0.15, 0.2) is 0 Å². The van der Waals surface area contributed by atoms with Gasteiger partial charge in [-0.2, -0.15) is 0 Å². The summed E-state index contributed by atoms with van der Waals surface area (Å²) in [5.74, 6) is 0.0386. The van der Waals surface area contributed by atoms with Crippen molar-refractivity contribution >= 4 is 11.6 Å². The maximum Gasteiger partial charge on any atom is 0.220 e. The van der Waals surface area contributed by atoms with Crippen molar-refractivity contribution in [2.75, 3.05) is 5.73 Å². The third-order valence-corrected chi connectivity index (χ3v) is 3.18. The molecular weight excluding hydrogens is 250 g/mol. The van der Waals surface area contributed by atoms with E-state index in [1.807, 2.05) is 43.3 Å². The highest BCUT2D eigenvalue weighted by Crippen LogP contribution is 2.12. The van der Waals surface area contributed by atoms with E-state index < -0.39 is 0 Å². The van der Waals surface area contributed by atoms with Crippen LogP contribution >= 0.6 is 0 Å². The molecule has 0 fully saturated rings. The number of benzene rings is 1. The maximum absolute atomic E-state index is 11.9. The predicted octanol–water partition coefficient (Wildman–Crippen LogP) is 2.47. The number of rotatable bonds is 5. The molecule has 0 radical (unpaired) electrons. The summed E-state index contributed by atoms with van der Waals surface area (Å²) in [7, 11) is 0. The molecule has 0 bridgehead atoms. The molecule has 2 aromatic rings. The third kappa shape index (κ3) is 4.09. The number of hydrogen-bond acceptors (Lipinski definition) is 3. The fourth-order valence-electron chi connectivity index (χ4n) is 2.06. The standard InChI is InChI=1S/C16H19N3O/c1-12(14-7-9-18-10-8-14)19-16(20)6-5-13-3-2-4-15(17)11-13/h2-4,7-12H,5-6,17H2,1H3,(H,19,20)/t12-/m0/s1. The zero-order chi connectivity index (χ0) is 14.4. The molecule has 0 unspecified atom stereocenters. The van der Waals surface area contributed by atoms with Crippen molar-refractivity contribution in [3.05, 3.63) is 59.9 Å². The number of carbonyl (C=O) groups excluding carboxylic acids is 1. The van der Waals surface area contributed by atoms with Gasteiger partial charge in [-0.05, 0) is 48.7 Å².